The van der Waals surface area contributed by atoms with Crippen LogP contribution in [0.4, 0.5) is 5.82 Å². The molecular weight excluding hydrogens is 394 g/mol. The van der Waals surface area contributed by atoms with E-state index in [1.807, 2.05) is 4.68 Å². The third kappa shape index (κ3) is 5.08. The van der Waals surface area contributed by atoms with Gasteiger partial charge in [0.25, 0.3) is 0 Å². The predicted octanol–water partition coefficient (Wildman–Crippen LogP) is 6.81. The number of halogens is 1. The highest BCUT2D eigenvalue weighted by Crippen LogP contribution is 2.36. The van der Waals surface area contributed by atoms with Crippen molar-refractivity contribution in [2.75, 3.05) is 5.32 Å². The number of anilines is 1. The highest BCUT2D eigenvalue weighted by atomic mass is 35.5. The van der Waals surface area contributed by atoms with Gasteiger partial charge in [-0.2, -0.15) is 0 Å². The van der Waals surface area contributed by atoms with E-state index in [0.29, 0.717) is 23.2 Å². The molecule has 0 unspecified atom stereocenters. The predicted molar refractivity (Wildman–Crippen MR) is 126 cm³/mol. The SMILES string of the molecule is CC(C)(C)c1cc(-n2nc(NC=O)c(Cl)c2CC2CCCCC2)cc(C(C)(C)C)c1. The van der Waals surface area contributed by atoms with Crippen LogP contribution < -0.4 is 5.32 Å². The Hall–Kier alpha value is -1.81. The zero-order valence-corrected chi connectivity index (χ0v) is 20.1. The van der Waals surface area contributed by atoms with Gasteiger partial charge in [0.2, 0.25) is 6.41 Å². The van der Waals surface area contributed by atoms with E-state index in [0.717, 1.165) is 17.8 Å². The smallest absolute Gasteiger partial charge is 0.212 e. The summed E-state index contributed by atoms with van der Waals surface area (Å²) in [5.74, 6) is 1.06. The van der Waals surface area contributed by atoms with Gasteiger partial charge >= 0.3 is 0 Å². The van der Waals surface area contributed by atoms with Crippen LogP contribution in [-0.2, 0) is 22.0 Å². The summed E-state index contributed by atoms with van der Waals surface area (Å²) >= 11 is 6.73. The van der Waals surface area contributed by atoms with Crippen LogP contribution >= 0.6 is 11.6 Å². The van der Waals surface area contributed by atoms with Crippen molar-refractivity contribution in [2.45, 2.75) is 90.9 Å². The number of carbonyl (C=O) groups is 1. The van der Waals surface area contributed by atoms with Crippen LogP contribution in [-0.4, -0.2) is 16.2 Å². The molecule has 1 aromatic heterocycles. The summed E-state index contributed by atoms with van der Waals surface area (Å²) in [7, 11) is 0. The van der Waals surface area contributed by atoms with Crippen LogP contribution in [0.3, 0.4) is 0 Å². The standard InChI is InChI=1S/C25H36ClN3O/c1-24(2,3)18-13-19(25(4,5)6)15-20(14-18)29-21(12-17-10-8-7-9-11-17)22(26)23(28-29)27-16-30/h13-17H,7-12H2,1-6H3,(H,27,28,30). The number of amides is 1. The molecule has 3 rings (SSSR count). The maximum absolute atomic E-state index is 11.1. The van der Waals surface area contributed by atoms with Crippen LogP contribution in [0.2, 0.25) is 5.02 Å². The van der Waals surface area contributed by atoms with E-state index in [9.17, 15) is 4.79 Å². The minimum Gasteiger partial charge on any atom is -0.311 e. The molecule has 0 bridgehead atoms. The number of nitrogens with one attached hydrogen (secondary N) is 1. The first kappa shape index (κ1) is 22.9. The normalized spacial score (nSPS) is 16.0. The molecule has 0 atom stereocenters. The summed E-state index contributed by atoms with van der Waals surface area (Å²) in [6, 6.07) is 6.74. The number of carbonyl (C=O) groups excluding carboxylic acids is 1. The van der Waals surface area contributed by atoms with Crippen molar-refractivity contribution in [2.24, 2.45) is 5.92 Å². The molecule has 1 fully saturated rings. The molecule has 0 radical (unpaired) electrons. The molecule has 0 spiro atoms. The molecule has 1 saturated carbocycles. The van der Waals surface area contributed by atoms with Crippen molar-refractivity contribution >= 4 is 23.8 Å². The molecule has 2 aromatic rings. The molecule has 1 aliphatic carbocycles. The zero-order valence-electron chi connectivity index (χ0n) is 19.3. The molecule has 5 heteroatoms. The molecule has 1 heterocycles. The molecule has 0 saturated heterocycles. The van der Waals surface area contributed by atoms with E-state index in [-0.39, 0.29) is 10.8 Å². The summed E-state index contributed by atoms with van der Waals surface area (Å²) < 4.78 is 1.97. The number of aromatic nitrogens is 2. The maximum Gasteiger partial charge on any atom is 0.212 e. The van der Waals surface area contributed by atoms with Crippen molar-refractivity contribution in [1.29, 1.82) is 0 Å². The van der Waals surface area contributed by atoms with Crippen molar-refractivity contribution in [1.82, 2.24) is 9.78 Å². The highest BCUT2D eigenvalue weighted by molar-refractivity contribution is 6.34. The Morgan fingerprint density at radius 3 is 2.10 bits per heavy atom. The number of nitrogens with zero attached hydrogens (tertiary/aromatic N) is 2. The second-order valence-corrected chi connectivity index (χ2v) is 11.1. The van der Waals surface area contributed by atoms with Gasteiger partial charge in [-0.05, 0) is 46.4 Å². The molecule has 1 aromatic carbocycles. The van der Waals surface area contributed by atoms with Crippen molar-refractivity contribution < 1.29 is 4.79 Å². The maximum atomic E-state index is 11.1. The number of rotatable bonds is 5. The van der Waals surface area contributed by atoms with Gasteiger partial charge < -0.3 is 5.32 Å². The van der Waals surface area contributed by atoms with Crippen molar-refractivity contribution in [3.8, 4) is 5.69 Å². The number of benzene rings is 1. The first-order chi connectivity index (χ1) is 14.0. The van der Waals surface area contributed by atoms with Crippen LogP contribution in [0.5, 0.6) is 0 Å². The largest absolute Gasteiger partial charge is 0.311 e. The summed E-state index contributed by atoms with van der Waals surface area (Å²) in [6.07, 6.45) is 7.88. The Bertz CT molecular complexity index is 864. The third-order valence-electron chi connectivity index (χ3n) is 6.21. The van der Waals surface area contributed by atoms with Gasteiger partial charge in [0.15, 0.2) is 5.82 Å². The molecule has 164 valence electrons. The Morgan fingerprint density at radius 2 is 1.60 bits per heavy atom. The third-order valence-corrected chi connectivity index (χ3v) is 6.61. The lowest BCUT2D eigenvalue weighted by atomic mass is 9.80. The topological polar surface area (TPSA) is 46.9 Å². The van der Waals surface area contributed by atoms with Crippen LogP contribution in [0.1, 0.15) is 90.5 Å². The molecule has 1 N–H and O–H groups in total. The first-order valence-electron chi connectivity index (χ1n) is 11.1. The van der Waals surface area contributed by atoms with Gasteiger partial charge in [-0.25, -0.2) is 4.68 Å². The minimum atomic E-state index is 0.0143. The molecule has 30 heavy (non-hydrogen) atoms. The Labute approximate surface area is 186 Å². The fourth-order valence-electron chi connectivity index (χ4n) is 4.24. The van der Waals surface area contributed by atoms with Crippen molar-refractivity contribution in [3.63, 3.8) is 0 Å². The Balaban J connectivity index is 2.15. The monoisotopic (exact) mass is 429 g/mol. The lowest BCUT2D eigenvalue weighted by Gasteiger charge is -2.27. The van der Waals surface area contributed by atoms with Gasteiger partial charge in [-0.1, -0.05) is 91.3 Å². The Kier molecular flexibility index (Phi) is 6.66. The quantitative estimate of drug-likeness (QED) is 0.530. The Morgan fingerprint density at radius 1 is 1.03 bits per heavy atom. The van der Waals surface area contributed by atoms with E-state index in [2.05, 4.69) is 65.1 Å². The van der Waals surface area contributed by atoms with E-state index >= 15 is 0 Å². The second-order valence-electron chi connectivity index (χ2n) is 10.8. The van der Waals surface area contributed by atoms with Gasteiger partial charge in [-0.15, -0.1) is 5.10 Å². The van der Waals surface area contributed by atoms with Gasteiger partial charge in [0.05, 0.1) is 11.4 Å². The van der Waals surface area contributed by atoms with Crippen LogP contribution in [0.15, 0.2) is 18.2 Å². The fourth-order valence-corrected chi connectivity index (χ4v) is 4.49. The van der Waals surface area contributed by atoms with Crippen molar-refractivity contribution in [3.05, 3.63) is 40.0 Å². The summed E-state index contributed by atoms with van der Waals surface area (Å²) in [5.41, 5.74) is 4.58. The van der Waals surface area contributed by atoms with Gasteiger partial charge in [0.1, 0.15) is 5.02 Å². The molecule has 4 nitrogen and oxygen atoms in total. The van der Waals surface area contributed by atoms with Crippen LogP contribution in [0, 0.1) is 5.92 Å². The molecule has 1 aliphatic rings. The first-order valence-corrected chi connectivity index (χ1v) is 11.5. The second kappa shape index (κ2) is 8.74. The van der Waals surface area contributed by atoms with Gasteiger partial charge in [-0.3, -0.25) is 4.79 Å². The lowest BCUT2D eigenvalue weighted by molar-refractivity contribution is -0.105. The average molecular weight is 430 g/mol. The lowest BCUT2D eigenvalue weighted by Crippen LogP contribution is -2.18. The summed E-state index contributed by atoms with van der Waals surface area (Å²) in [5, 5.41) is 7.97. The zero-order chi connectivity index (χ0) is 22.1. The summed E-state index contributed by atoms with van der Waals surface area (Å²) in [4.78, 5) is 11.1. The minimum absolute atomic E-state index is 0.0143. The molecular formula is C25H36ClN3O. The van der Waals surface area contributed by atoms with E-state index in [1.54, 1.807) is 0 Å². The van der Waals surface area contributed by atoms with E-state index in [1.165, 1.54) is 43.2 Å². The number of hydrogen-bond donors (Lipinski definition) is 1. The van der Waals surface area contributed by atoms with E-state index in [4.69, 9.17) is 16.7 Å². The fraction of sp³-hybridized carbons (Fsp3) is 0.600. The van der Waals surface area contributed by atoms with E-state index < -0.39 is 0 Å². The molecule has 0 aliphatic heterocycles. The molecule has 1 amide bonds. The number of hydrogen-bond acceptors (Lipinski definition) is 2. The van der Waals surface area contributed by atoms with Gasteiger partial charge in [0, 0.05) is 0 Å². The highest BCUT2D eigenvalue weighted by Gasteiger charge is 2.25. The summed E-state index contributed by atoms with van der Waals surface area (Å²) in [6.45, 7) is 13.4. The van der Waals surface area contributed by atoms with Crippen LogP contribution in [0.25, 0.3) is 5.69 Å². The average Bonchev–Trinajstić information content (AvgIpc) is 2.97.